The van der Waals surface area contributed by atoms with Crippen molar-refractivity contribution in [2.24, 2.45) is 0 Å². The van der Waals surface area contributed by atoms with Crippen molar-refractivity contribution in [3.8, 4) is 17.3 Å². The maximum Gasteiger partial charge on any atom is 0.272 e. The van der Waals surface area contributed by atoms with Crippen LogP contribution in [0.15, 0.2) is 48.5 Å². The average Bonchev–Trinajstić information content (AvgIpc) is 3.46. The number of nitro benzene ring substituents is 1. The van der Waals surface area contributed by atoms with E-state index in [0.29, 0.717) is 11.3 Å². The van der Waals surface area contributed by atoms with Crippen molar-refractivity contribution in [1.82, 2.24) is 15.1 Å². The predicted molar refractivity (Wildman–Crippen MR) is 102 cm³/mol. The molecule has 3 aromatic rings. The Morgan fingerprint density at radius 1 is 1.28 bits per heavy atom. The van der Waals surface area contributed by atoms with E-state index in [-0.39, 0.29) is 35.0 Å². The van der Waals surface area contributed by atoms with E-state index in [1.54, 1.807) is 31.2 Å². The summed E-state index contributed by atoms with van der Waals surface area (Å²) in [5.74, 6) is -1.26. The van der Waals surface area contributed by atoms with Gasteiger partial charge in [-0.3, -0.25) is 14.9 Å². The zero-order valence-corrected chi connectivity index (χ0v) is 15.5. The van der Waals surface area contributed by atoms with Crippen molar-refractivity contribution >= 4 is 11.6 Å². The average molecular weight is 396 g/mol. The summed E-state index contributed by atoms with van der Waals surface area (Å²) in [6.07, 6.45) is 1.86. The lowest BCUT2D eigenvalue weighted by atomic mass is 10.2. The summed E-state index contributed by atoms with van der Waals surface area (Å²) in [7, 11) is 0. The third-order valence-corrected chi connectivity index (χ3v) is 4.53. The van der Waals surface area contributed by atoms with E-state index in [9.17, 15) is 19.3 Å². The van der Waals surface area contributed by atoms with Crippen LogP contribution in [0.2, 0.25) is 0 Å². The van der Waals surface area contributed by atoms with Crippen molar-refractivity contribution in [2.75, 3.05) is 0 Å². The van der Waals surface area contributed by atoms with Crippen LogP contribution in [-0.2, 0) is 0 Å². The molecule has 0 spiro atoms. The van der Waals surface area contributed by atoms with Crippen LogP contribution in [0, 0.1) is 22.9 Å². The highest BCUT2D eigenvalue weighted by Crippen LogP contribution is 2.33. The van der Waals surface area contributed by atoms with E-state index in [2.05, 4.69) is 10.4 Å². The fourth-order valence-corrected chi connectivity index (χ4v) is 2.83. The second kappa shape index (κ2) is 7.34. The molecule has 1 N–H and O–H groups in total. The molecular formula is C20H17FN4O4. The molecule has 29 heavy (non-hydrogen) atoms. The predicted octanol–water partition coefficient (Wildman–Crippen LogP) is 3.91. The zero-order chi connectivity index (χ0) is 20.5. The molecule has 148 valence electrons. The van der Waals surface area contributed by atoms with Gasteiger partial charge in [0.05, 0.1) is 16.7 Å². The Hall–Kier alpha value is -3.75. The normalized spacial score (nSPS) is 13.2. The number of carbonyl (C=O) groups excluding carboxylic acids is 1. The number of nitro groups is 1. The number of benzene rings is 2. The van der Waals surface area contributed by atoms with Crippen LogP contribution in [0.1, 0.15) is 28.9 Å². The minimum atomic E-state index is -0.886. The van der Waals surface area contributed by atoms with E-state index in [1.807, 2.05) is 6.07 Å². The molecule has 1 amide bonds. The molecule has 1 aliphatic rings. The molecule has 2 aromatic carbocycles. The van der Waals surface area contributed by atoms with E-state index < -0.39 is 10.7 Å². The van der Waals surface area contributed by atoms with Gasteiger partial charge in [0.1, 0.15) is 0 Å². The van der Waals surface area contributed by atoms with E-state index >= 15 is 0 Å². The Morgan fingerprint density at radius 3 is 2.62 bits per heavy atom. The van der Waals surface area contributed by atoms with Crippen molar-refractivity contribution in [3.05, 3.63) is 75.7 Å². The summed E-state index contributed by atoms with van der Waals surface area (Å²) in [6, 6.07) is 12.2. The quantitative estimate of drug-likeness (QED) is 0.503. The molecule has 1 saturated carbocycles. The van der Waals surface area contributed by atoms with E-state index in [4.69, 9.17) is 4.74 Å². The Morgan fingerprint density at radius 2 is 2.00 bits per heavy atom. The van der Waals surface area contributed by atoms with Crippen LogP contribution in [0.3, 0.4) is 0 Å². The number of ether oxygens (including phenoxy) is 1. The molecule has 1 heterocycles. The molecule has 1 aliphatic carbocycles. The molecular weight excluding hydrogens is 379 g/mol. The minimum absolute atomic E-state index is 0.153. The van der Waals surface area contributed by atoms with Gasteiger partial charge in [0, 0.05) is 17.7 Å². The van der Waals surface area contributed by atoms with Crippen LogP contribution in [0.4, 0.5) is 10.1 Å². The second-order valence-corrected chi connectivity index (χ2v) is 6.75. The summed E-state index contributed by atoms with van der Waals surface area (Å²) >= 11 is 0. The first kappa shape index (κ1) is 18.6. The first-order valence-electron chi connectivity index (χ1n) is 9.01. The van der Waals surface area contributed by atoms with Gasteiger partial charge in [-0.05, 0) is 38.0 Å². The van der Waals surface area contributed by atoms with Gasteiger partial charge < -0.3 is 10.1 Å². The van der Waals surface area contributed by atoms with Gasteiger partial charge in [-0.1, -0.05) is 18.2 Å². The van der Waals surface area contributed by atoms with Crippen LogP contribution >= 0.6 is 0 Å². The summed E-state index contributed by atoms with van der Waals surface area (Å²) in [5, 5.41) is 18.1. The Kier molecular flexibility index (Phi) is 4.71. The number of hydrogen-bond donors (Lipinski definition) is 1. The van der Waals surface area contributed by atoms with Crippen molar-refractivity contribution < 1.29 is 18.8 Å². The van der Waals surface area contributed by atoms with Gasteiger partial charge in [-0.15, -0.1) is 0 Å². The Balaban J connectivity index is 1.75. The van der Waals surface area contributed by atoms with Crippen LogP contribution in [0.25, 0.3) is 5.69 Å². The number of rotatable bonds is 6. The van der Waals surface area contributed by atoms with Gasteiger partial charge in [-0.2, -0.15) is 9.78 Å². The fraction of sp³-hybridized carbons (Fsp3) is 0.200. The lowest BCUT2D eigenvalue weighted by Gasteiger charge is -2.10. The highest BCUT2D eigenvalue weighted by atomic mass is 19.1. The molecule has 4 rings (SSSR count). The largest absolute Gasteiger partial charge is 0.436 e. The summed E-state index contributed by atoms with van der Waals surface area (Å²) < 4.78 is 21.5. The minimum Gasteiger partial charge on any atom is -0.436 e. The first-order chi connectivity index (χ1) is 13.9. The van der Waals surface area contributed by atoms with Crippen molar-refractivity contribution in [2.45, 2.75) is 25.8 Å². The Bertz CT molecular complexity index is 1090. The third kappa shape index (κ3) is 3.79. The maximum atomic E-state index is 14.4. The van der Waals surface area contributed by atoms with Crippen LogP contribution < -0.4 is 10.1 Å². The smallest absolute Gasteiger partial charge is 0.272 e. The number of halogens is 1. The zero-order valence-electron chi connectivity index (χ0n) is 15.5. The van der Waals surface area contributed by atoms with Crippen molar-refractivity contribution in [1.29, 1.82) is 0 Å². The number of carbonyl (C=O) groups is 1. The molecule has 0 bridgehead atoms. The number of amides is 1. The Labute approximate surface area is 165 Å². The van der Waals surface area contributed by atoms with Gasteiger partial charge in [-0.25, -0.2) is 4.39 Å². The molecule has 8 nitrogen and oxygen atoms in total. The lowest BCUT2D eigenvalue weighted by Crippen LogP contribution is -2.26. The lowest BCUT2D eigenvalue weighted by molar-refractivity contribution is -0.385. The highest BCUT2D eigenvalue weighted by molar-refractivity contribution is 5.94. The van der Waals surface area contributed by atoms with Gasteiger partial charge in [0.2, 0.25) is 5.88 Å². The summed E-state index contributed by atoms with van der Waals surface area (Å²) in [6.45, 7) is 1.66. The molecule has 9 heteroatoms. The molecule has 0 radical (unpaired) electrons. The van der Waals surface area contributed by atoms with Gasteiger partial charge in [0.15, 0.2) is 17.3 Å². The molecule has 0 saturated heterocycles. The molecule has 0 aliphatic heterocycles. The van der Waals surface area contributed by atoms with Crippen molar-refractivity contribution in [3.63, 3.8) is 0 Å². The summed E-state index contributed by atoms with van der Waals surface area (Å²) in [5.41, 5.74) is 0.855. The topological polar surface area (TPSA) is 99.3 Å². The molecule has 1 fully saturated rings. The van der Waals surface area contributed by atoms with Gasteiger partial charge in [0.25, 0.3) is 11.6 Å². The fourth-order valence-electron chi connectivity index (χ4n) is 2.83. The SMILES string of the molecule is Cc1c(C(=O)NC2CC2)nn(-c2ccccc2)c1Oc1ccc([N+](=O)[O-])cc1F. The summed E-state index contributed by atoms with van der Waals surface area (Å²) in [4.78, 5) is 22.7. The van der Waals surface area contributed by atoms with Gasteiger partial charge >= 0.3 is 0 Å². The molecule has 1 aromatic heterocycles. The maximum absolute atomic E-state index is 14.4. The van der Waals surface area contributed by atoms with Crippen LogP contribution in [0.5, 0.6) is 11.6 Å². The standard InChI is InChI=1S/C20H17FN4O4/c1-12-18(19(26)22-13-7-8-13)23-24(14-5-3-2-4-6-14)20(12)29-17-10-9-15(25(27)28)11-16(17)21/h2-6,9-11,13H,7-8H2,1H3,(H,22,26). The van der Waals surface area contributed by atoms with Crippen LogP contribution in [-0.4, -0.2) is 26.7 Å². The molecule has 0 unspecified atom stereocenters. The number of nitrogens with one attached hydrogen (secondary N) is 1. The number of aromatic nitrogens is 2. The number of para-hydroxylation sites is 1. The number of hydrogen-bond acceptors (Lipinski definition) is 5. The number of non-ortho nitro benzene ring substituents is 1. The monoisotopic (exact) mass is 396 g/mol. The third-order valence-electron chi connectivity index (χ3n) is 4.53. The second-order valence-electron chi connectivity index (χ2n) is 6.75. The number of nitrogens with zero attached hydrogens (tertiary/aromatic N) is 3. The molecule has 0 atom stereocenters. The first-order valence-corrected chi connectivity index (χ1v) is 9.01. The highest BCUT2D eigenvalue weighted by Gasteiger charge is 2.28. The van der Waals surface area contributed by atoms with E-state index in [1.165, 1.54) is 10.7 Å². The van der Waals surface area contributed by atoms with E-state index in [0.717, 1.165) is 25.0 Å².